The Hall–Kier alpha value is -2.22. The fourth-order valence-corrected chi connectivity index (χ4v) is 4.48. The highest BCUT2D eigenvalue weighted by Crippen LogP contribution is 2.32. The normalized spacial score (nSPS) is 22.3. The van der Waals surface area contributed by atoms with Crippen LogP contribution in [0.1, 0.15) is 18.4 Å². The van der Waals surface area contributed by atoms with Gasteiger partial charge in [-0.1, -0.05) is 30.3 Å². The number of hydrogen-bond donors (Lipinski definition) is 0. The third kappa shape index (κ3) is 4.22. The summed E-state index contributed by atoms with van der Waals surface area (Å²) < 4.78 is 11.7. The van der Waals surface area contributed by atoms with Crippen LogP contribution in [0, 0.1) is 0 Å². The van der Waals surface area contributed by atoms with Crippen molar-refractivity contribution in [3.05, 3.63) is 48.2 Å². The van der Waals surface area contributed by atoms with E-state index in [0.29, 0.717) is 13.2 Å². The minimum Gasteiger partial charge on any atom is -0.354 e. The molecule has 29 heavy (non-hydrogen) atoms. The Balaban J connectivity index is 1.18. The molecule has 7 nitrogen and oxygen atoms in total. The van der Waals surface area contributed by atoms with Gasteiger partial charge >= 0.3 is 0 Å². The van der Waals surface area contributed by atoms with Gasteiger partial charge in [-0.2, -0.15) is 4.98 Å². The first-order chi connectivity index (χ1) is 14.3. The summed E-state index contributed by atoms with van der Waals surface area (Å²) >= 11 is 0. The number of ether oxygens (including phenoxy) is 2. The minimum atomic E-state index is -0.358. The second-order valence-corrected chi connectivity index (χ2v) is 8.06. The molecule has 3 aliphatic rings. The van der Waals surface area contributed by atoms with Gasteiger partial charge in [0, 0.05) is 64.9 Å². The number of nitrogens with zero attached hydrogens (tertiary/aromatic N) is 5. The third-order valence-corrected chi connectivity index (χ3v) is 6.20. The van der Waals surface area contributed by atoms with Gasteiger partial charge in [0.2, 0.25) is 5.95 Å². The van der Waals surface area contributed by atoms with Crippen LogP contribution in [0.5, 0.6) is 0 Å². The predicted octanol–water partition coefficient (Wildman–Crippen LogP) is 2.14. The third-order valence-electron chi connectivity index (χ3n) is 6.20. The van der Waals surface area contributed by atoms with E-state index in [0.717, 1.165) is 70.4 Å². The first kappa shape index (κ1) is 18.8. The lowest BCUT2D eigenvalue weighted by Gasteiger charge is -2.38. The van der Waals surface area contributed by atoms with E-state index >= 15 is 0 Å². The Morgan fingerprint density at radius 2 is 1.55 bits per heavy atom. The molecule has 0 unspecified atom stereocenters. The Morgan fingerprint density at radius 1 is 0.828 bits per heavy atom. The van der Waals surface area contributed by atoms with E-state index < -0.39 is 0 Å². The molecule has 1 spiro atoms. The number of piperidine rings is 1. The zero-order valence-electron chi connectivity index (χ0n) is 16.9. The molecule has 3 fully saturated rings. The maximum Gasteiger partial charge on any atom is 0.227 e. The van der Waals surface area contributed by atoms with Crippen LogP contribution >= 0.6 is 0 Å². The van der Waals surface area contributed by atoms with Gasteiger partial charge in [-0.05, 0) is 11.6 Å². The van der Waals surface area contributed by atoms with E-state index in [-0.39, 0.29) is 5.79 Å². The van der Waals surface area contributed by atoms with Gasteiger partial charge in [0.25, 0.3) is 0 Å². The van der Waals surface area contributed by atoms with E-state index in [4.69, 9.17) is 14.5 Å². The summed E-state index contributed by atoms with van der Waals surface area (Å²) in [5.74, 6) is 1.49. The number of hydrogen-bond acceptors (Lipinski definition) is 7. The zero-order valence-corrected chi connectivity index (χ0v) is 16.9. The Kier molecular flexibility index (Phi) is 5.35. The first-order valence-corrected chi connectivity index (χ1v) is 10.7. The van der Waals surface area contributed by atoms with E-state index in [1.165, 1.54) is 5.56 Å². The van der Waals surface area contributed by atoms with Crippen molar-refractivity contribution in [1.82, 2.24) is 14.9 Å². The molecule has 0 amide bonds. The summed E-state index contributed by atoms with van der Waals surface area (Å²) in [5, 5.41) is 0. The number of benzene rings is 1. The van der Waals surface area contributed by atoms with Crippen LogP contribution in [0.25, 0.3) is 0 Å². The molecule has 7 heteroatoms. The number of aromatic nitrogens is 2. The maximum absolute atomic E-state index is 5.83. The van der Waals surface area contributed by atoms with Gasteiger partial charge < -0.3 is 19.3 Å². The second-order valence-electron chi connectivity index (χ2n) is 8.06. The van der Waals surface area contributed by atoms with Crippen LogP contribution in [0.3, 0.4) is 0 Å². The van der Waals surface area contributed by atoms with Gasteiger partial charge in [-0.15, -0.1) is 0 Å². The summed E-state index contributed by atoms with van der Waals surface area (Å²) in [6, 6.07) is 12.7. The summed E-state index contributed by atoms with van der Waals surface area (Å²) in [5.41, 5.74) is 1.38. The topological polar surface area (TPSA) is 54.0 Å². The average Bonchev–Trinajstić information content (AvgIpc) is 3.23. The SMILES string of the molecule is c1ccc(CN2CCN(c3ccnc(N4CCC5(CC4)OCCO5)n3)CC2)cc1. The van der Waals surface area contributed by atoms with Crippen LogP contribution in [0.15, 0.2) is 42.6 Å². The van der Waals surface area contributed by atoms with Crippen LogP contribution in [0.2, 0.25) is 0 Å². The molecule has 1 aromatic carbocycles. The lowest BCUT2D eigenvalue weighted by Crippen LogP contribution is -2.47. The van der Waals surface area contributed by atoms with Crippen LogP contribution < -0.4 is 9.80 Å². The first-order valence-electron chi connectivity index (χ1n) is 10.7. The minimum absolute atomic E-state index is 0.358. The lowest BCUT2D eigenvalue weighted by molar-refractivity contribution is -0.169. The van der Waals surface area contributed by atoms with Crippen LogP contribution in [-0.2, 0) is 16.0 Å². The predicted molar refractivity (Wildman–Crippen MR) is 112 cm³/mol. The molecule has 0 radical (unpaired) electrons. The summed E-state index contributed by atoms with van der Waals surface area (Å²) in [6.07, 6.45) is 3.64. The van der Waals surface area contributed by atoms with Crippen molar-refractivity contribution in [3.8, 4) is 0 Å². The van der Waals surface area contributed by atoms with Gasteiger partial charge in [-0.25, -0.2) is 4.98 Å². The highest BCUT2D eigenvalue weighted by molar-refractivity contribution is 5.44. The van der Waals surface area contributed by atoms with Crippen molar-refractivity contribution in [2.45, 2.75) is 25.2 Å². The van der Waals surface area contributed by atoms with E-state index in [2.05, 4.69) is 50.0 Å². The molecule has 3 aliphatic heterocycles. The molecule has 3 saturated heterocycles. The van der Waals surface area contributed by atoms with Gasteiger partial charge in [0.05, 0.1) is 13.2 Å². The van der Waals surface area contributed by atoms with E-state index in [1.54, 1.807) is 0 Å². The largest absolute Gasteiger partial charge is 0.354 e. The van der Waals surface area contributed by atoms with Gasteiger partial charge in [0.15, 0.2) is 5.79 Å². The monoisotopic (exact) mass is 395 g/mol. The molecule has 1 aromatic heterocycles. The summed E-state index contributed by atoms with van der Waals surface area (Å²) in [4.78, 5) is 16.6. The van der Waals surface area contributed by atoms with Crippen LogP contribution in [0.4, 0.5) is 11.8 Å². The van der Waals surface area contributed by atoms with Crippen LogP contribution in [-0.4, -0.2) is 73.1 Å². The number of piperazine rings is 1. The van der Waals surface area contributed by atoms with Crippen molar-refractivity contribution in [1.29, 1.82) is 0 Å². The molecule has 5 rings (SSSR count). The van der Waals surface area contributed by atoms with Gasteiger partial charge in [-0.3, -0.25) is 4.90 Å². The van der Waals surface area contributed by atoms with E-state index in [1.807, 2.05) is 12.3 Å². The average molecular weight is 396 g/mol. The van der Waals surface area contributed by atoms with Crippen molar-refractivity contribution >= 4 is 11.8 Å². The smallest absolute Gasteiger partial charge is 0.227 e. The zero-order chi connectivity index (χ0) is 19.5. The molecule has 0 N–H and O–H groups in total. The standard InChI is InChI=1S/C22H29N5O2/c1-2-4-19(5-3-1)18-25-12-14-26(15-13-25)20-6-9-23-21(24-20)27-10-7-22(8-11-27)28-16-17-29-22/h1-6,9H,7-8,10-18H2. The van der Waals surface area contributed by atoms with Crippen molar-refractivity contribution in [2.75, 3.05) is 62.3 Å². The molecular weight excluding hydrogens is 366 g/mol. The lowest BCUT2D eigenvalue weighted by atomic mass is 10.0. The van der Waals surface area contributed by atoms with Crippen molar-refractivity contribution < 1.29 is 9.47 Å². The Bertz CT molecular complexity index is 794. The highest BCUT2D eigenvalue weighted by atomic mass is 16.7. The molecule has 154 valence electrons. The van der Waals surface area contributed by atoms with Crippen molar-refractivity contribution in [3.63, 3.8) is 0 Å². The molecular formula is C22H29N5O2. The Labute approximate surface area is 172 Å². The van der Waals surface area contributed by atoms with Crippen molar-refractivity contribution in [2.24, 2.45) is 0 Å². The summed E-state index contributed by atoms with van der Waals surface area (Å²) in [7, 11) is 0. The molecule has 0 aliphatic carbocycles. The molecule has 0 atom stereocenters. The highest BCUT2D eigenvalue weighted by Gasteiger charge is 2.40. The number of anilines is 2. The summed E-state index contributed by atoms with van der Waals surface area (Å²) in [6.45, 7) is 8.27. The fourth-order valence-electron chi connectivity index (χ4n) is 4.48. The molecule has 0 saturated carbocycles. The van der Waals surface area contributed by atoms with Gasteiger partial charge in [0.1, 0.15) is 5.82 Å². The molecule has 0 bridgehead atoms. The molecule has 4 heterocycles. The maximum atomic E-state index is 5.83. The van der Waals surface area contributed by atoms with E-state index in [9.17, 15) is 0 Å². The fraction of sp³-hybridized carbons (Fsp3) is 0.545. The number of rotatable bonds is 4. The Morgan fingerprint density at radius 3 is 2.28 bits per heavy atom. The quantitative estimate of drug-likeness (QED) is 0.786. The molecule has 2 aromatic rings. The second kappa shape index (κ2) is 8.26.